The highest BCUT2D eigenvalue weighted by Crippen LogP contribution is 2.43. The van der Waals surface area contributed by atoms with E-state index < -0.39 is 5.54 Å². The molecule has 4 aromatic rings. The van der Waals surface area contributed by atoms with Crippen LogP contribution in [0.4, 0.5) is 0 Å². The second kappa shape index (κ2) is 8.91. The van der Waals surface area contributed by atoms with Gasteiger partial charge in [0.25, 0.3) is 0 Å². The molecule has 0 aliphatic rings. The summed E-state index contributed by atoms with van der Waals surface area (Å²) in [5, 5.41) is 9.91. The molecular weight excluding hydrogens is 380 g/mol. The number of hydrogen-bond donors (Lipinski definition) is 1. The van der Waals surface area contributed by atoms with E-state index in [2.05, 4.69) is 109 Å². The maximum Gasteiger partial charge on any atom is 0.121 e. The Balaban J connectivity index is 2.16. The van der Waals surface area contributed by atoms with Crippen LogP contribution in [0, 0.1) is 0 Å². The lowest BCUT2D eigenvalue weighted by atomic mass is 9.76. The molecule has 1 atom stereocenters. The molecule has 0 fully saturated rings. The Morgan fingerprint density at radius 2 is 1.16 bits per heavy atom. The first-order valence-electron chi connectivity index (χ1n) is 11.0. The van der Waals surface area contributed by atoms with Gasteiger partial charge in [0.15, 0.2) is 0 Å². The van der Waals surface area contributed by atoms with E-state index in [1.807, 2.05) is 13.3 Å². The van der Waals surface area contributed by atoms with Crippen LogP contribution in [0.5, 0.6) is 0 Å². The third-order valence-electron chi connectivity index (χ3n) is 6.06. The fourth-order valence-corrected chi connectivity index (χ4v) is 4.63. The Labute approximate surface area is 185 Å². The Bertz CT molecular complexity index is 1010. The van der Waals surface area contributed by atoms with E-state index in [-0.39, 0.29) is 18.4 Å². The standard InChI is InChI=1S/C28H30N2O/c1-21(2)27-26(22(3)19-31)29-20-30(27)28(23-13-7-4-8-14-23,24-15-9-5-10-16-24)25-17-11-6-12-18-25/h4-18,20-22,31H,19H2,1-3H3. The molecule has 1 unspecified atom stereocenters. The number of imidazole rings is 1. The van der Waals surface area contributed by atoms with Gasteiger partial charge in [0.1, 0.15) is 5.54 Å². The van der Waals surface area contributed by atoms with E-state index in [1.165, 1.54) is 16.7 Å². The number of nitrogens with zero attached hydrogens (tertiary/aromatic N) is 2. The smallest absolute Gasteiger partial charge is 0.121 e. The van der Waals surface area contributed by atoms with Crippen LogP contribution < -0.4 is 0 Å². The molecule has 1 N–H and O–H groups in total. The second-order valence-electron chi connectivity index (χ2n) is 8.43. The summed E-state index contributed by atoms with van der Waals surface area (Å²) in [6.07, 6.45) is 1.96. The van der Waals surface area contributed by atoms with E-state index in [9.17, 15) is 5.11 Å². The van der Waals surface area contributed by atoms with Gasteiger partial charge < -0.3 is 9.67 Å². The van der Waals surface area contributed by atoms with E-state index in [0.717, 1.165) is 11.4 Å². The van der Waals surface area contributed by atoms with Gasteiger partial charge in [-0.2, -0.15) is 0 Å². The van der Waals surface area contributed by atoms with Crippen molar-refractivity contribution in [3.05, 3.63) is 125 Å². The molecule has 0 saturated carbocycles. The fraction of sp³-hybridized carbons (Fsp3) is 0.250. The zero-order chi connectivity index (χ0) is 21.8. The maximum absolute atomic E-state index is 9.91. The topological polar surface area (TPSA) is 38.1 Å². The quantitative estimate of drug-likeness (QED) is 0.383. The summed E-state index contributed by atoms with van der Waals surface area (Å²) in [6, 6.07) is 31.9. The van der Waals surface area contributed by atoms with Gasteiger partial charge in [-0.05, 0) is 22.6 Å². The van der Waals surface area contributed by atoms with Crippen molar-refractivity contribution in [1.29, 1.82) is 0 Å². The zero-order valence-electron chi connectivity index (χ0n) is 18.4. The highest BCUT2D eigenvalue weighted by Gasteiger charge is 2.41. The first-order valence-corrected chi connectivity index (χ1v) is 11.0. The average molecular weight is 411 g/mol. The first-order chi connectivity index (χ1) is 15.1. The molecule has 4 rings (SSSR count). The van der Waals surface area contributed by atoms with Crippen molar-refractivity contribution in [1.82, 2.24) is 9.55 Å². The molecule has 0 aliphatic heterocycles. The summed E-state index contributed by atoms with van der Waals surface area (Å²) >= 11 is 0. The van der Waals surface area contributed by atoms with Crippen molar-refractivity contribution in [3.8, 4) is 0 Å². The lowest BCUT2D eigenvalue weighted by molar-refractivity contribution is 0.270. The Morgan fingerprint density at radius 3 is 1.52 bits per heavy atom. The van der Waals surface area contributed by atoms with E-state index in [1.54, 1.807) is 0 Å². The van der Waals surface area contributed by atoms with Gasteiger partial charge in [-0.1, -0.05) is 112 Å². The number of aliphatic hydroxyl groups is 1. The van der Waals surface area contributed by atoms with Crippen molar-refractivity contribution in [2.75, 3.05) is 6.61 Å². The van der Waals surface area contributed by atoms with Gasteiger partial charge in [-0.25, -0.2) is 4.98 Å². The molecule has 1 aromatic heterocycles. The molecule has 0 spiro atoms. The Kier molecular flexibility index (Phi) is 6.06. The van der Waals surface area contributed by atoms with Crippen LogP contribution in [0.1, 0.15) is 60.7 Å². The second-order valence-corrected chi connectivity index (χ2v) is 8.43. The van der Waals surface area contributed by atoms with Crippen LogP contribution in [0.2, 0.25) is 0 Å². The van der Waals surface area contributed by atoms with Crippen LogP contribution in [0.3, 0.4) is 0 Å². The monoisotopic (exact) mass is 410 g/mol. The van der Waals surface area contributed by atoms with E-state index >= 15 is 0 Å². The summed E-state index contributed by atoms with van der Waals surface area (Å²) in [6.45, 7) is 6.51. The predicted octanol–water partition coefficient (Wildman–Crippen LogP) is 5.94. The van der Waals surface area contributed by atoms with Crippen LogP contribution in [-0.2, 0) is 5.54 Å². The van der Waals surface area contributed by atoms with Crippen LogP contribution in [-0.4, -0.2) is 21.3 Å². The normalized spacial score (nSPS) is 12.8. The van der Waals surface area contributed by atoms with Crippen molar-refractivity contribution in [2.45, 2.75) is 38.1 Å². The summed E-state index contributed by atoms with van der Waals surface area (Å²) in [4.78, 5) is 4.85. The van der Waals surface area contributed by atoms with Crippen molar-refractivity contribution in [2.24, 2.45) is 0 Å². The number of rotatable bonds is 7. The van der Waals surface area contributed by atoms with Gasteiger partial charge in [0.2, 0.25) is 0 Å². The number of aliphatic hydroxyl groups excluding tert-OH is 1. The van der Waals surface area contributed by atoms with E-state index in [0.29, 0.717) is 0 Å². The average Bonchev–Trinajstić information content (AvgIpc) is 3.27. The molecule has 31 heavy (non-hydrogen) atoms. The minimum absolute atomic E-state index is 0.0290. The summed E-state index contributed by atoms with van der Waals surface area (Å²) < 4.78 is 2.33. The van der Waals surface area contributed by atoms with Gasteiger partial charge in [-0.3, -0.25) is 0 Å². The Hall–Kier alpha value is -3.17. The molecule has 3 heteroatoms. The molecule has 0 bridgehead atoms. The predicted molar refractivity (Wildman–Crippen MR) is 126 cm³/mol. The molecule has 1 heterocycles. The van der Waals surface area contributed by atoms with Crippen LogP contribution in [0.25, 0.3) is 0 Å². The summed E-state index contributed by atoms with van der Waals surface area (Å²) in [5.74, 6) is 0.209. The fourth-order valence-electron chi connectivity index (χ4n) is 4.63. The third-order valence-corrected chi connectivity index (χ3v) is 6.06. The number of aromatic nitrogens is 2. The lowest BCUT2D eigenvalue weighted by Crippen LogP contribution is -2.38. The largest absolute Gasteiger partial charge is 0.396 e. The molecule has 0 saturated heterocycles. The molecule has 0 amide bonds. The van der Waals surface area contributed by atoms with E-state index in [4.69, 9.17) is 4.98 Å². The SMILES string of the molecule is CC(C)c1c(C(C)CO)ncn1C(c1ccccc1)(c1ccccc1)c1ccccc1. The van der Waals surface area contributed by atoms with Crippen LogP contribution >= 0.6 is 0 Å². The third kappa shape index (κ3) is 3.60. The number of hydrogen-bond acceptors (Lipinski definition) is 2. The minimum Gasteiger partial charge on any atom is -0.396 e. The van der Waals surface area contributed by atoms with Gasteiger partial charge in [0, 0.05) is 11.6 Å². The van der Waals surface area contributed by atoms with Gasteiger partial charge in [-0.15, -0.1) is 0 Å². The molecule has 3 nitrogen and oxygen atoms in total. The van der Waals surface area contributed by atoms with Crippen LogP contribution in [0.15, 0.2) is 97.3 Å². The highest BCUT2D eigenvalue weighted by molar-refractivity contribution is 5.52. The minimum atomic E-state index is -0.580. The molecule has 158 valence electrons. The van der Waals surface area contributed by atoms with Crippen molar-refractivity contribution >= 4 is 0 Å². The summed E-state index contributed by atoms with van der Waals surface area (Å²) in [5.41, 5.74) is 5.06. The van der Waals surface area contributed by atoms with Gasteiger partial charge >= 0.3 is 0 Å². The lowest BCUT2D eigenvalue weighted by Gasteiger charge is -2.39. The zero-order valence-corrected chi connectivity index (χ0v) is 18.4. The van der Waals surface area contributed by atoms with Crippen molar-refractivity contribution in [3.63, 3.8) is 0 Å². The highest BCUT2D eigenvalue weighted by atomic mass is 16.3. The van der Waals surface area contributed by atoms with Gasteiger partial charge in [0.05, 0.1) is 18.6 Å². The number of benzene rings is 3. The molecule has 3 aromatic carbocycles. The maximum atomic E-state index is 9.91. The Morgan fingerprint density at radius 1 is 0.742 bits per heavy atom. The molecule has 0 aliphatic carbocycles. The first kappa shape index (κ1) is 21.1. The summed E-state index contributed by atoms with van der Waals surface area (Å²) in [7, 11) is 0. The molecule has 0 radical (unpaired) electrons. The van der Waals surface area contributed by atoms with Crippen molar-refractivity contribution < 1.29 is 5.11 Å². The molecular formula is C28H30N2O.